The van der Waals surface area contributed by atoms with Gasteiger partial charge in [-0.05, 0) is 40.7 Å². The monoisotopic (exact) mass is 593 g/mol. The van der Waals surface area contributed by atoms with Gasteiger partial charge in [-0.25, -0.2) is 0 Å². The molecule has 0 radical (unpaired) electrons. The van der Waals surface area contributed by atoms with Crippen LogP contribution >= 0.6 is 0 Å². The van der Waals surface area contributed by atoms with E-state index in [-0.39, 0.29) is 60.7 Å². The molecule has 2 saturated carbocycles. The van der Waals surface area contributed by atoms with E-state index < -0.39 is 17.8 Å². The molecular weight excluding hydrogens is 554 g/mol. The van der Waals surface area contributed by atoms with Crippen molar-refractivity contribution in [2.24, 2.45) is 11.8 Å². The van der Waals surface area contributed by atoms with Gasteiger partial charge in [0.05, 0.1) is 25.0 Å². The maximum Gasteiger partial charge on any atom is 0.144 e. The van der Waals surface area contributed by atoms with Crippen LogP contribution in [0.5, 0.6) is 5.75 Å². The van der Waals surface area contributed by atoms with E-state index in [1.807, 2.05) is 84.9 Å². The highest BCUT2D eigenvalue weighted by molar-refractivity contribution is 6.11. The fraction of sp³-hybridized carbons (Fsp3) is 0.405. The zero-order chi connectivity index (χ0) is 30.5. The second-order valence-electron chi connectivity index (χ2n) is 12.2. The summed E-state index contributed by atoms with van der Waals surface area (Å²) in [6.45, 7) is 4.52. The Morgan fingerprint density at radius 3 is 1.55 bits per heavy atom. The Morgan fingerprint density at radius 1 is 0.636 bits per heavy atom. The van der Waals surface area contributed by atoms with Gasteiger partial charge in [0.15, 0.2) is 0 Å². The third-order valence-electron chi connectivity index (χ3n) is 9.48. The van der Waals surface area contributed by atoms with E-state index in [0.29, 0.717) is 17.9 Å². The summed E-state index contributed by atoms with van der Waals surface area (Å²) in [4.78, 5) is 57.6. The maximum absolute atomic E-state index is 13.8. The van der Waals surface area contributed by atoms with Crippen LogP contribution in [0.15, 0.2) is 84.9 Å². The van der Waals surface area contributed by atoms with Crippen molar-refractivity contribution >= 4 is 23.1 Å². The first kappa shape index (κ1) is 30.1. The molecule has 7 nitrogen and oxygen atoms in total. The second-order valence-corrected chi connectivity index (χ2v) is 12.2. The van der Waals surface area contributed by atoms with Gasteiger partial charge in [-0.1, -0.05) is 72.8 Å². The highest BCUT2D eigenvalue weighted by atomic mass is 16.5. The number of morpholine rings is 1. The van der Waals surface area contributed by atoms with E-state index in [1.165, 1.54) is 0 Å². The molecule has 0 bridgehead atoms. The van der Waals surface area contributed by atoms with Crippen molar-refractivity contribution in [2.45, 2.75) is 43.4 Å². The number of ketones is 4. The number of hydrogen-bond acceptors (Lipinski definition) is 7. The smallest absolute Gasteiger partial charge is 0.144 e. The average molecular weight is 594 g/mol. The quantitative estimate of drug-likeness (QED) is 0.317. The number of rotatable bonds is 9. The van der Waals surface area contributed by atoms with Gasteiger partial charge in [-0.3, -0.25) is 24.1 Å². The molecule has 7 heteroatoms. The number of ether oxygens (including phenoxy) is 2. The van der Waals surface area contributed by atoms with Gasteiger partial charge in [-0.15, -0.1) is 0 Å². The number of carbonyl (C=O) groups is 4. The second kappa shape index (κ2) is 13.8. The molecule has 0 N–H and O–H groups in total. The molecule has 0 aromatic heterocycles. The van der Waals surface area contributed by atoms with Gasteiger partial charge in [0.2, 0.25) is 0 Å². The van der Waals surface area contributed by atoms with Crippen molar-refractivity contribution in [3.8, 4) is 5.75 Å². The summed E-state index contributed by atoms with van der Waals surface area (Å²) in [6.07, 6.45) is 0.839. The molecule has 6 rings (SSSR count). The van der Waals surface area contributed by atoms with Crippen LogP contribution in [-0.4, -0.2) is 67.5 Å². The molecule has 2 aliphatic carbocycles. The standard InChI is InChI=1S/C37H39NO6/c39-31-21-28(25-7-3-1-4-8-25)22-32(40)36(31)35(37-33(41)23-29(24-34(37)42)26-9-5-2-6-10-26)27-11-13-30(14-12-27)44-20-17-38-15-18-43-19-16-38/h1-14,28-29,35-37H,15-24H2. The van der Waals surface area contributed by atoms with Crippen molar-refractivity contribution in [1.82, 2.24) is 4.90 Å². The summed E-state index contributed by atoms with van der Waals surface area (Å²) in [5.41, 5.74) is 2.57. The zero-order valence-electron chi connectivity index (χ0n) is 24.9. The Kier molecular flexibility index (Phi) is 9.43. The average Bonchev–Trinajstić information content (AvgIpc) is 3.05. The molecule has 0 unspecified atom stereocenters. The zero-order valence-corrected chi connectivity index (χ0v) is 24.9. The molecular formula is C37H39NO6. The normalized spacial score (nSPS) is 25.5. The van der Waals surface area contributed by atoms with Crippen LogP contribution in [0.1, 0.15) is 60.1 Å². The van der Waals surface area contributed by atoms with Crippen LogP contribution in [0.3, 0.4) is 0 Å². The lowest BCUT2D eigenvalue weighted by atomic mass is 9.62. The number of nitrogens with zero attached hydrogens (tertiary/aromatic N) is 1. The Labute approximate surface area is 258 Å². The van der Waals surface area contributed by atoms with E-state index in [4.69, 9.17) is 9.47 Å². The summed E-state index contributed by atoms with van der Waals surface area (Å²) >= 11 is 0. The topological polar surface area (TPSA) is 90.0 Å². The van der Waals surface area contributed by atoms with Crippen molar-refractivity contribution < 1.29 is 28.7 Å². The van der Waals surface area contributed by atoms with Gasteiger partial charge in [-0.2, -0.15) is 0 Å². The molecule has 44 heavy (non-hydrogen) atoms. The Bertz CT molecular complexity index is 1350. The molecule has 228 valence electrons. The molecule has 1 heterocycles. The summed E-state index contributed by atoms with van der Waals surface area (Å²) in [5, 5.41) is 0. The third kappa shape index (κ3) is 6.74. The fourth-order valence-electron chi connectivity index (χ4n) is 7.19. The molecule has 0 spiro atoms. The van der Waals surface area contributed by atoms with Crippen LogP contribution in [0.4, 0.5) is 0 Å². The summed E-state index contributed by atoms with van der Waals surface area (Å²) in [7, 11) is 0. The summed E-state index contributed by atoms with van der Waals surface area (Å²) in [5.74, 6) is -3.42. The highest BCUT2D eigenvalue weighted by Gasteiger charge is 2.50. The third-order valence-corrected chi connectivity index (χ3v) is 9.48. The summed E-state index contributed by atoms with van der Waals surface area (Å²) in [6, 6.07) is 26.5. The van der Waals surface area contributed by atoms with Crippen molar-refractivity contribution in [1.29, 1.82) is 0 Å². The predicted octanol–water partition coefficient (Wildman–Crippen LogP) is 5.15. The van der Waals surface area contributed by atoms with Gasteiger partial charge >= 0.3 is 0 Å². The number of carbonyl (C=O) groups excluding carboxylic acids is 4. The van der Waals surface area contributed by atoms with E-state index >= 15 is 0 Å². The number of hydrogen-bond donors (Lipinski definition) is 0. The Morgan fingerprint density at radius 2 is 1.09 bits per heavy atom. The minimum absolute atomic E-state index is 0.197. The van der Waals surface area contributed by atoms with Crippen LogP contribution in [0.2, 0.25) is 0 Å². The van der Waals surface area contributed by atoms with Gasteiger partial charge in [0.1, 0.15) is 35.5 Å². The summed E-state index contributed by atoms with van der Waals surface area (Å²) < 4.78 is 11.4. The molecule has 3 aromatic carbocycles. The van der Waals surface area contributed by atoms with Gasteiger partial charge in [0, 0.05) is 51.2 Å². The largest absolute Gasteiger partial charge is 0.492 e. The highest BCUT2D eigenvalue weighted by Crippen LogP contribution is 2.46. The van der Waals surface area contributed by atoms with Gasteiger partial charge < -0.3 is 9.47 Å². The van der Waals surface area contributed by atoms with Gasteiger partial charge in [0.25, 0.3) is 0 Å². The first-order chi connectivity index (χ1) is 21.5. The lowest BCUT2D eigenvalue weighted by Crippen LogP contribution is -2.45. The van der Waals surface area contributed by atoms with Crippen LogP contribution in [0, 0.1) is 11.8 Å². The molecule has 1 aliphatic heterocycles. The molecule has 3 aromatic rings. The van der Waals surface area contributed by atoms with Crippen molar-refractivity contribution in [3.05, 3.63) is 102 Å². The van der Waals surface area contributed by atoms with E-state index in [0.717, 1.165) is 44.0 Å². The van der Waals surface area contributed by atoms with Crippen molar-refractivity contribution in [3.63, 3.8) is 0 Å². The Balaban J connectivity index is 1.24. The maximum atomic E-state index is 13.8. The number of Topliss-reactive ketones (excluding diaryl/α,β-unsaturated/α-hetero) is 4. The Hall–Kier alpha value is -3.94. The fourth-order valence-corrected chi connectivity index (χ4v) is 7.19. The van der Waals surface area contributed by atoms with E-state index in [1.54, 1.807) is 0 Å². The van der Waals surface area contributed by atoms with E-state index in [2.05, 4.69) is 4.90 Å². The van der Waals surface area contributed by atoms with Crippen molar-refractivity contribution in [2.75, 3.05) is 39.5 Å². The SMILES string of the molecule is O=C1CC(c2ccccc2)CC(=O)C1C(c1ccc(OCCN2CCOCC2)cc1)C1C(=O)CC(c2ccccc2)CC1=O. The number of benzene rings is 3. The molecule has 3 fully saturated rings. The predicted molar refractivity (Wildman–Crippen MR) is 166 cm³/mol. The van der Waals surface area contributed by atoms with E-state index in [9.17, 15) is 19.2 Å². The first-order valence-electron chi connectivity index (χ1n) is 15.7. The van der Waals surface area contributed by atoms with Crippen LogP contribution < -0.4 is 4.74 Å². The van der Waals surface area contributed by atoms with Crippen LogP contribution in [-0.2, 0) is 23.9 Å². The molecule has 1 saturated heterocycles. The lowest BCUT2D eigenvalue weighted by Gasteiger charge is -2.38. The minimum Gasteiger partial charge on any atom is -0.492 e. The van der Waals surface area contributed by atoms with Crippen LogP contribution in [0.25, 0.3) is 0 Å². The molecule has 0 atom stereocenters. The first-order valence-corrected chi connectivity index (χ1v) is 15.7. The minimum atomic E-state index is -1.03. The lowest BCUT2D eigenvalue weighted by molar-refractivity contribution is -0.142. The molecule has 3 aliphatic rings. The molecule has 0 amide bonds.